The molecule has 4 heteroatoms. The van der Waals surface area contributed by atoms with Gasteiger partial charge in [-0.1, -0.05) is 6.92 Å². The van der Waals surface area contributed by atoms with Crippen LogP contribution in [0.2, 0.25) is 0 Å². The largest absolute Gasteiger partial charge is 0.469 e. The Hall–Kier alpha value is -0.610. The van der Waals surface area contributed by atoms with Crippen molar-refractivity contribution >= 4 is 5.97 Å². The minimum Gasteiger partial charge on any atom is -0.469 e. The maximum atomic E-state index is 11.5. The zero-order chi connectivity index (χ0) is 11.4. The molecule has 88 valence electrons. The number of ether oxygens (including phenoxy) is 1. The lowest BCUT2D eigenvalue weighted by Gasteiger charge is -2.25. The maximum absolute atomic E-state index is 11.5. The van der Waals surface area contributed by atoms with E-state index in [0.717, 1.165) is 25.9 Å². The van der Waals surface area contributed by atoms with Gasteiger partial charge < -0.3 is 15.4 Å². The average molecular weight is 214 g/mol. The zero-order valence-corrected chi connectivity index (χ0v) is 9.90. The number of carbonyl (C=O) groups is 1. The fraction of sp³-hybridized carbons (Fsp3) is 0.909. The second-order valence-electron chi connectivity index (χ2n) is 4.43. The third kappa shape index (κ3) is 2.92. The standard InChI is InChI=1S/C11H22N2O2/c1-4-9(11(14)15-3)10(12)8-5-6-13(2)7-8/h8-10H,4-7,12H2,1-3H3. The monoisotopic (exact) mass is 214 g/mol. The fourth-order valence-corrected chi connectivity index (χ4v) is 2.36. The number of hydrogen-bond acceptors (Lipinski definition) is 4. The highest BCUT2D eigenvalue weighted by Gasteiger charge is 2.33. The van der Waals surface area contributed by atoms with Crippen LogP contribution in [0.3, 0.4) is 0 Å². The Kier molecular flexibility index (Phi) is 4.54. The van der Waals surface area contributed by atoms with E-state index < -0.39 is 0 Å². The molecule has 1 heterocycles. The summed E-state index contributed by atoms with van der Waals surface area (Å²) in [6.07, 6.45) is 1.85. The summed E-state index contributed by atoms with van der Waals surface area (Å²) < 4.78 is 4.78. The van der Waals surface area contributed by atoms with E-state index in [2.05, 4.69) is 11.9 Å². The number of rotatable bonds is 4. The van der Waals surface area contributed by atoms with Gasteiger partial charge in [0.15, 0.2) is 0 Å². The molecule has 2 N–H and O–H groups in total. The molecule has 0 spiro atoms. The van der Waals surface area contributed by atoms with Crippen LogP contribution >= 0.6 is 0 Å². The van der Waals surface area contributed by atoms with Gasteiger partial charge in [0.2, 0.25) is 0 Å². The first-order valence-corrected chi connectivity index (χ1v) is 5.62. The van der Waals surface area contributed by atoms with Crippen LogP contribution in [-0.4, -0.2) is 44.2 Å². The smallest absolute Gasteiger partial charge is 0.310 e. The van der Waals surface area contributed by atoms with Gasteiger partial charge in [0.05, 0.1) is 13.0 Å². The number of carbonyl (C=O) groups excluding carboxylic acids is 1. The molecule has 3 unspecified atom stereocenters. The van der Waals surface area contributed by atoms with Crippen molar-refractivity contribution < 1.29 is 9.53 Å². The molecule has 0 saturated carbocycles. The quantitative estimate of drug-likeness (QED) is 0.691. The minimum absolute atomic E-state index is 0.0626. The Morgan fingerprint density at radius 1 is 1.67 bits per heavy atom. The van der Waals surface area contributed by atoms with Gasteiger partial charge in [0.1, 0.15) is 0 Å². The summed E-state index contributed by atoms with van der Waals surface area (Å²) in [7, 11) is 3.52. The number of hydrogen-bond donors (Lipinski definition) is 1. The predicted molar refractivity (Wildman–Crippen MR) is 59.4 cm³/mol. The summed E-state index contributed by atoms with van der Waals surface area (Å²) in [6.45, 7) is 4.06. The van der Waals surface area contributed by atoms with Crippen molar-refractivity contribution in [2.45, 2.75) is 25.8 Å². The summed E-state index contributed by atoms with van der Waals surface area (Å²) in [5, 5.41) is 0. The summed E-state index contributed by atoms with van der Waals surface area (Å²) >= 11 is 0. The first-order valence-electron chi connectivity index (χ1n) is 5.62. The van der Waals surface area contributed by atoms with E-state index in [1.807, 2.05) is 6.92 Å². The first kappa shape index (κ1) is 12.5. The van der Waals surface area contributed by atoms with Crippen LogP contribution in [0.15, 0.2) is 0 Å². The van der Waals surface area contributed by atoms with Crippen molar-refractivity contribution in [2.75, 3.05) is 27.2 Å². The van der Waals surface area contributed by atoms with Crippen LogP contribution < -0.4 is 5.73 Å². The molecule has 4 nitrogen and oxygen atoms in total. The first-order chi connectivity index (χ1) is 7.10. The predicted octanol–water partition coefficient (Wildman–Crippen LogP) is 0.465. The number of esters is 1. The van der Waals surface area contributed by atoms with Crippen LogP contribution in [0.1, 0.15) is 19.8 Å². The Morgan fingerprint density at radius 3 is 2.73 bits per heavy atom. The highest BCUT2D eigenvalue weighted by Crippen LogP contribution is 2.24. The molecule has 0 amide bonds. The normalized spacial score (nSPS) is 26.3. The average Bonchev–Trinajstić information content (AvgIpc) is 2.65. The van der Waals surface area contributed by atoms with E-state index in [-0.39, 0.29) is 17.9 Å². The van der Waals surface area contributed by atoms with Crippen molar-refractivity contribution in [1.29, 1.82) is 0 Å². The zero-order valence-electron chi connectivity index (χ0n) is 9.90. The number of nitrogens with two attached hydrogens (primary N) is 1. The molecule has 0 aromatic carbocycles. The van der Waals surface area contributed by atoms with Crippen molar-refractivity contribution in [3.63, 3.8) is 0 Å². The molecule has 1 aliphatic rings. The summed E-state index contributed by atoms with van der Waals surface area (Å²) in [5.74, 6) is 0.116. The third-order valence-electron chi connectivity index (χ3n) is 3.38. The Balaban J connectivity index is 2.56. The Labute approximate surface area is 91.8 Å². The van der Waals surface area contributed by atoms with Crippen molar-refractivity contribution in [1.82, 2.24) is 4.90 Å². The topological polar surface area (TPSA) is 55.6 Å². The van der Waals surface area contributed by atoms with Gasteiger partial charge in [-0.3, -0.25) is 4.79 Å². The van der Waals surface area contributed by atoms with Crippen LogP contribution in [-0.2, 0) is 9.53 Å². The van der Waals surface area contributed by atoms with Crippen LogP contribution in [0.25, 0.3) is 0 Å². The molecule has 0 radical (unpaired) electrons. The van der Waals surface area contributed by atoms with Gasteiger partial charge in [-0.25, -0.2) is 0 Å². The highest BCUT2D eigenvalue weighted by atomic mass is 16.5. The molecule has 3 atom stereocenters. The summed E-state index contributed by atoms with van der Waals surface area (Å²) in [4.78, 5) is 13.8. The lowest BCUT2D eigenvalue weighted by molar-refractivity contribution is -0.146. The van der Waals surface area contributed by atoms with Gasteiger partial charge >= 0.3 is 5.97 Å². The minimum atomic E-state index is -0.167. The highest BCUT2D eigenvalue weighted by molar-refractivity contribution is 5.73. The summed E-state index contributed by atoms with van der Waals surface area (Å²) in [6, 6.07) is -0.0626. The van der Waals surface area contributed by atoms with Gasteiger partial charge in [-0.2, -0.15) is 0 Å². The summed E-state index contributed by atoms with van der Waals surface area (Å²) in [5.41, 5.74) is 6.14. The lowest BCUT2D eigenvalue weighted by Crippen LogP contribution is -2.42. The molecular weight excluding hydrogens is 192 g/mol. The van der Waals surface area contributed by atoms with Crippen LogP contribution in [0.5, 0.6) is 0 Å². The van der Waals surface area contributed by atoms with Gasteiger partial charge in [0, 0.05) is 12.6 Å². The van der Waals surface area contributed by atoms with E-state index in [1.54, 1.807) is 0 Å². The van der Waals surface area contributed by atoms with Gasteiger partial charge in [-0.15, -0.1) is 0 Å². The lowest BCUT2D eigenvalue weighted by atomic mass is 9.86. The number of likely N-dealkylation sites (tertiary alicyclic amines) is 1. The maximum Gasteiger partial charge on any atom is 0.310 e. The van der Waals surface area contributed by atoms with E-state index in [1.165, 1.54) is 7.11 Å². The van der Waals surface area contributed by atoms with E-state index in [0.29, 0.717) is 5.92 Å². The Bertz CT molecular complexity index is 221. The van der Waals surface area contributed by atoms with Crippen LogP contribution in [0, 0.1) is 11.8 Å². The van der Waals surface area contributed by atoms with E-state index in [4.69, 9.17) is 10.5 Å². The molecule has 1 aliphatic heterocycles. The second-order valence-corrected chi connectivity index (χ2v) is 4.43. The molecular formula is C11H22N2O2. The van der Waals surface area contributed by atoms with E-state index in [9.17, 15) is 4.79 Å². The van der Waals surface area contributed by atoms with E-state index >= 15 is 0 Å². The number of methoxy groups -OCH3 is 1. The molecule has 0 aliphatic carbocycles. The van der Waals surface area contributed by atoms with Crippen molar-refractivity contribution in [2.24, 2.45) is 17.6 Å². The molecule has 1 rings (SSSR count). The second kappa shape index (κ2) is 5.47. The van der Waals surface area contributed by atoms with Crippen molar-refractivity contribution in [3.8, 4) is 0 Å². The molecule has 15 heavy (non-hydrogen) atoms. The SMILES string of the molecule is CCC(C(=O)OC)C(N)C1CCN(C)C1. The molecule has 0 aromatic heterocycles. The molecule has 1 saturated heterocycles. The van der Waals surface area contributed by atoms with Gasteiger partial charge in [-0.05, 0) is 32.4 Å². The molecule has 1 fully saturated rings. The Morgan fingerprint density at radius 2 is 2.33 bits per heavy atom. The van der Waals surface area contributed by atoms with Crippen molar-refractivity contribution in [3.05, 3.63) is 0 Å². The third-order valence-corrected chi connectivity index (χ3v) is 3.38. The molecule has 0 aromatic rings. The number of nitrogens with zero attached hydrogens (tertiary/aromatic N) is 1. The van der Waals surface area contributed by atoms with Gasteiger partial charge in [0.25, 0.3) is 0 Å². The molecule has 0 bridgehead atoms. The fourth-order valence-electron chi connectivity index (χ4n) is 2.36. The van der Waals surface area contributed by atoms with Crippen LogP contribution in [0.4, 0.5) is 0 Å².